The average molecular weight is 334 g/mol. The predicted molar refractivity (Wildman–Crippen MR) is 83.1 cm³/mol. The van der Waals surface area contributed by atoms with E-state index in [1.165, 1.54) is 30.5 Å². The minimum Gasteiger partial charge on any atom is -0.484 e. The summed E-state index contributed by atoms with van der Waals surface area (Å²) in [6, 6.07) is 5.66. The fourth-order valence-electron chi connectivity index (χ4n) is 2.70. The van der Waals surface area contributed by atoms with E-state index in [0.717, 1.165) is 6.42 Å². The van der Waals surface area contributed by atoms with Gasteiger partial charge in [-0.2, -0.15) is 0 Å². The normalized spacial score (nSPS) is 17.2. The summed E-state index contributed by atoms with van der Waals surface area (Å²) in [4.78, 5) is 18.3. The minimum atomic E-state index is -0.330. The summed E-state index contributed by atoms with van der Waals surface area (Å²) < 4.78 is 28.7. The van der Waals surface area contributed by atoms with Crippen molar-refractivity contribution in [2.45, 2.75) is 13.0 Å². The van der Waals surface area contributed by atoms with Gasteiger partial charge in [-0.05, 0) is 30.7 Å². The highest BCUT2D eigenvalue weighted by Crippen LogP contribution is 2.19. The molecule has 1 aromatic carbocycles. The van der Waals surface area contributed by atoms with Gasteiger partial charge in [-0.15, -0.1) is 0 Å². The fraction of sp³-hybridized carbons (Fsp3) is 0.412. The van der Waals surface area contributed by atoms with Crippen LogP contribution < -0.4 is 4.74 Å². The molecule has 0 saturated carbocycles. The second-order valence-corrected chi connectivity index (χ2v) is 5.73. The quantitative estimate of drug-likeness (QED) is 0.812. The first kappa shape index (κ1) is 16.4. The van der Waals surface area contributed by atoms with Gasteiger partial charge in [0.25, 0.3) is 5.91 Å². The zero-order valence-electron chi connectivity index (χ0n) is 13.4. The van der Waals surface area contributed by atoms with E-state index in [2.05, 4.69) is 4.98 Å². The van der Waals surface area contributed by atoms with E-state index in [0.29, 0.717) is 37.3 Å². The van der Waals surface area contributed by atoms with Crippen molar-refractivity contribution in [3.05, 3.63) is 47.9 Å². The molecule has 0 spiro atoms. The van der Waals surface area contributed by atoms with Crippen LogP contribution in [0.5, 0.6) is 5.75 Å². The van der Waals surface area contributed by atoms with Gasteiger partial charge in [0.15, 0.2) is 12.3 Å². The molecule has 128 valence electrons. The number of ether oxygens (including phenoxy) is 2. The second-order valence-electron chi connectivity index (χ2n) is 5.73. The minimum absolute atomic E-state index is 0.0746. The third-order valence-corrected chi connectivity index (χ3v) is 3.92. The first-order valence-electron chi connectivity index (χ1n) is 7.76. The Labute approximate surface area is 139 Å². The Morgan fingerprint density at radius 1 is 1.42 bits per heavy atom. The van der Waals surface area contributed by atoms with Gasteiger partial charge >= 0.3 is 0 Å². The molecule has 2 heterocycles. The molecular formula is C17H19FN2O4. The van der Waals surface area contributed by atoms with Crippen LogP contribution in [-0.2, 0) is 11.3 Å². The van der Waals surface area contributed by atoms with Gasteiger partial charge in [0.2, 0.25) is 5.89 Å². The van der Waals surface area contributed by atoms with Gasteiger partial charge in [0, 0.05) is 26.1 Å². The number of halogens is 1. The Morgan fingerprint density at radius 2 is 2.21 bits per heavy atom. The van der Waals surface area contributed by atoms with E-state index < -0.39 is 0 Å². The highest BCUT2D eigenvalue weighted by atomic mass is 19.1. The molecule has 1 fully saturated rings. The number of nitrogens with zero attached hydrogens (tertiary/aromatic N) is 2. The molecule has 1 aliphatic rings. The molecule has 6 nitrogen and oxygen atoms in total. The van der Waals surface area contributed by atoms with Crippen LogP contribution in [0.1, 0.15) is 22.8 Å². The van der Waals surface area contributed by atoms with E-state index in [1.54, 1.807) is 12.0 Å². The summed E-state index contributed by atoms with van der Waals surface area (Å²) in [7, 11) is 1.66. The number of hydrogen-bond donors (Lipinski definition) is 0. The van der Waals surface area contributed by atoms with Crippen LogP contribution >= 0.6 is 0 Å². The van der Waals surface area contributed by atoms with Crippen molar-refractivity contribution in [1.29, 1.82) is 0 Å². The molecule has 0 bridgehead atoms. The van der Waals surface area contributed by atoms with E-state index >= 15 is 0 Å². The summed E-state index contributed by atoms with van der Waals surface area (Å²) in [6.07, 6.45) is 2.27. The lowest BCUT2D eigenvalue weighted by molar-refractivity contribution is 0.0769. The molecule has 1 aliphatic heterocycles. The Hall–Kier alpha value is -2.41. The topological polar surface area (TPSA) is 64.8 Å². The van der Waals surface area contributed by atoms with Crippen LogP contribution in [0.4, 0.5) is 4.39 Å². The summed E-state index contributed by atoms with van der Waals surface area (Å²) in [6.45, 7) is 2.09. The lowest BCUT2D eigenvalue weighted by Crippen LogP contribution is -2.29. The third kappa shape index (κ3) is 3.91. The number of rotatable bonds is 6. The van der Waals surface area contributed by atoms with E-state index in [-0.39, 0.29) is 24.0 Å². The zero-order chi connectivity index (χ0) is 16.9. The smallest absolute Gasteiger partial charge is 0.275 e. The van der Waals surface area contributed by atoms with Gasteiger partial charge in [-0.3, -0.25) is 4.79 Å². The van der Waals surface area contributed by atoms with Crippen LogP contribution in [-0.4, -0.2) is 42.6 Å². The number of amides is 1. The van der Waals surface area contributed by atoms with Crippen LogP contribution in [0.25, 0.3) is 0 Å². The van der Waals surface area contributed by atoms with Gasteiger partial charge in [-0.25, -0.2) is 9.37 Å². The van der Waals surface area contributed by atoms with Crippen LogP contribution in [0.3, 0.4) is 0 Å². The van der Waals surface area contributed by atoms with Crippen molar-refractivity contribution >= 4 is 5.91 Å². The highest BCUT2D eigenvalue weighted by molar-refractivity contribution is 5.92. The second kappa shape index (κ2) is 7.44. The molecule has 1 amide bonds. The van der Waals surface area contributed by atoms with E-state index in [9.17, 15) is 9.18 Å². The molecule has 0 N–H and O–H groups in total. The van der Waals surface area contributed by atoms with Gasteiger partial charge in [-0.1, -0.05) is 0 Å². The number of oxazole rings is 1. The van der Waals surface area contributed by atoms with Gasteiger partial charge in [0.1, 0.15) is 17.8 Å². The summed E-state index contributed by atoms with van der Waals surface area (Å²) in [5, 5.41) is 0. The Bertz CT molecular complexity index is 686. The SMILES string of the molecule is COCC1CCN(C(=O)c2coc(COc3ccc(F)cc3)n2)C1. The molecule has 0 radical (unpaired) electrons. The van der Waals surface area contributed by atoms with Gasteiger partial charge < -0.3 is 18.8 Å². The predicted octanol–water partition coefficient (Wildman–Crippen LogP) is 2.50. The van der Waals surface area contributed by atoms with Crippen molar-refractivity contribution in [2.75, 3.05) is 26.8 Å². The maximum atomic E-state index is 12.8. The molecule has 0 aliphatic carbocycles. The van der Waals surface area contributed by atoms with Gasteiger partial charge in [0.05, 0.1) is 6.61 Å². The zero-order valence-corrected chi connectivity index (χ0v) is 13.4. The Kier molecular flexibility index (Phi) is 5.10. The molecule has 24 heavy (non-hydrogen) atoms. The standard InChI is InChI=1S/C17H19FN2O4/c1-22-9-12-6-7-20(8-12)17(21)15-10-24-16(19-15)11-23-14-4-2-13(18)3-5-14/h2-5,10,12H,6-9,11H2,1H3. The number of aromatic nitrogens is 1. The number of hydrogen-bond acceptors (Lipinski definition) is 5. The molecule has 3 rings (SSSR count). The first-order valence-corrected chi connectivity index (χ1v) is 7.76. The largest absolute Gasteiger partial charge is 0.484 e. The molecule has 2 aromatic rings. The highest BCUT2D eigenvalue weighted by Gasteiger charge is 2.28. The van der Waals surface area contributed by atoms with Crippen LogP contribution in [0.2, 0.25) is 0 Å². The summed E-state index contributed by atoms with van der Waals surface area (Å²) in [5.41, 5.74) is 0.269. The Balaban J connectivity index is 1.55. The number of methoxy groups -OCH3 is 1. The average Bonchev–Trinajstić information content (AvgIpc) is 3.24. The van der Waals surface area contributed by atoms with Crippen molar-refractivity contribution in [2.24, 2.45) is 5.92 Å². The maximum absolute atomic E-state index is 12.8. The van der Waals surface area contributed by atoms with E-state index in [1.807, 2.05) is 0 Å². The molecule has 7 heteroatoms. The van der Waals surface area contributed by atoms with Crippen molar-refractivity contribution < 1.29 is 23.1 Å². The van der Waals surface area contributed by atoms with Crippen molar-refractivity contribution in [3.63, 3.8) is 0 Å². The monoisotopic (exact) mass is 334 g/mol. The summed E-state index contributed by atoms with van der Waals surface area (Å²) >= 11 is 0. The van der Waals surface area contributed by atoms with E-state index in [4.69, 9.17) is 13.9 Å². The molecule has 1 unspecified atom stereocenters. The lowest BCUT2D eigenvalue weighted by Gasteiger charge is -2.14. The van der Waals surface area contributed by atoms with Crippen LogP contribution in [0, 0.1) is 11.7 Å². The molecule has 1 saturated heterocycles. The third-order valence-electron chi connectivity index (χ3n) is 3.92. The first-order chi connectivity index (χ1) is 11.7. The fourth-order valence-corrected chi connectivity index (χ4v) is 2.70. The Morgan fingerprint density at radius 3 is 2.96 bits per heavy atom. The maximum Gasteiger partial charge on any atom is 0.275 e. The number of likely N-dealkylation sites (tertiary alicyclic amines) is 1. The number of carbonyl (C=O) groups excluding carboxylic acids is 1. The number of benzene rings is 1. The van der Waals surface area contributed by atoms with Crippen LogP contribution in [0.15, 0.2) is 34.9 Å². The molecular weight excluding hydrogens is 315 g/mol. The molecule has 1 atom stereocenters. The summed E-state index contributed by atoms with van der Waals surface area (Å²) in [5.74, 6) is 0.695. The number of carbonyl (C=O) groups is 1. The van der Waals surface area contributed by atoms with Crippen molar-refractivity contribution in [1.82, 2.24) is 9.88 Å². The lowest BCUT2D eigenvalue weighted by atomic mass is 10.1. The van der Waals surface area contributed by atoms with Crippen molar-refractivity contribution in [3.8, 4) is 5.75 Å². The molecule has 1 aromatic heterocycles.